The average molecular weight is 226 g/mol. The van der Waals surface area contributed by atoms with Crippen LogP contribution in [0.4, 0.5) is 0 Å². The fourth-order valence-corrected chi connectivity index (χ4v) is 2.18. The van der Waals surface area contributed by atoms with E-state index in [1.807, 2.05) is 23.9 Å². The van der Waals surface area contributed by atoms with E-state index in [0.717, 1.165) is 22.7 Å². The van der Waals surface area contributed by atoms with Crippen molar-refractivity contribution in [2.24, 2.45) is 0 Å². The number of nitrogens with zero attached hydrogens (tertiary/aromatic N) is 1. The SMILES string of the molecule is CSCCn1ccc2c(Cl)cccc21. The minimum atomic E-state index is 0.838. The molecule has 1 aromatic heterocycles. The lowest BCUT2D eigenvalue weighted by Gasteiger charge is -2.03. The maximum atomic E-state index is 6.09. The summed E-state index contributed by atoms with van der Waals surface area (Å²) in [6.45, 7) is 1.05. The molecule has 0 aliphatic carbocycles. The summed E-state index contributed by atoms with van der Waals surface area (Å²) >= 11 is 7.94. The summed E-state index contributed by atoms with van der Waals surface area (Å²) in [6.07, 6.45) is 4.23. The third-order valence-corrected chi connectivity index (χ3v) is 3.22. The third-order valence-electron chi connectivity index (χ3n) is 2.30. The van der Waals surface area contributed by atoms with Crippen LogP contribution in [0.15, 0.2) is 30.5 Å². The molecule has 3 heteroatoms. The molecule has 0 N–H and O–H groups in total. The lowest BCUT2D eigenvalue weighted by Crippen LogP contribution is -1.97. The van der Waals surface area contributed by atoms with Crippen molar-refractivity contribution in [3.8, 4) is 0 Å². The van der Waals surface area contributed by atoms with Gasteiger partial charge in [0.25, 0.3) is 0 Å². The first-order valence-corrected chi connectivity index (χ1v) is 6.32. The van der Waals surface area contributed by atoms with Crippen LogP contribution in [0.2, 0.25) is 5.02 Å². The van der Waals surface area contributed by atoms with Crippen LogP contribution in [0, 0.1) is 0 Å². The van der Waals surface area contributed by atoms with E-state index in [1.165, 1.54) is 5.52 Å². The van der Waals surface area contributed by atoms with E-state index in [-0.39, 0.29) is 0 Å². The van der Waals surface area contributed by atoms with Gasteiger partial charge in [0.05, 0.1) is 0 Å². The average Bonchev–Trinajstić information content (AvgIpc) is 2.60. The number of aryl methyl sites for hydroxylation is 1. The zero-order valence-corrected chi connectivity index (χ0v) is 9.61. The number of aromatic nitrogens is 1. The van der Waals surface area contributed by atoms with Gasteiger partial charge in [-0.1, -0.05) is 17.7 Å². The molecule has 0 radical (unpaired) electrons. The van der Waals surface area contributed by atoms with Gasteiger partial charge in [-0.05, 0) is 24.5 Å². The summed E-state index contributed by atoms with van der Waals surface area (Å²) in [5, 5.41) is 1.99. The summed E-state index contributed by atoms with van der Waals surface area (Å²) in [5.74, 6) is 1.14. The van der Waals surface area contributed by atoms with Gasteiger partial charge in [0, 0.05) is 34.4 Å². The van der Waals surface area contributed by atoms with Crippen molar-refractivity contribution in [2.75, 3.05) is 12.0 Å². The highest BCUT2D eigenvalue weighted by molar-refractivity contribution is 7.98. The summed E-state index contributed by atoms with van der Waals surface area (Å²) in [6, 6.07) is 8.13. The standard InChI is InChI=1S/C11H12ClNS/c1-14-8-7-13-6-5-9-10(12)3-2-4-11(9)13/h2-6H,7-8H2,1H3. The van der Waals surface area contributed by atoms with Crippen molar-refractivity contribution in [1.29, 1.82) is 0 Å². The summed E-state index contributed by atoms with van der Waals surface area (Å²) in [5.41, 5.74) is 1.23. The maximum Gasteiger partial charge on any atom is 0.0499 e. The molecule has 74 valence electrons. The van der Waals surface area contributed by atoms with Crippen LogP contribution in [0.25, 0.3) is 10.9 Å². The highest BCUT2D eigenvalue weighted by atomic mass is 35.5. The van der Waals surface area contributed by atoms with E-state index in [1.54, 1.807) is 0 Å². The Hall–Kier alpha value is -0.600. The predicted octanol–water partition coefficient (Wildman–Crippen LogP) is 3.66. The van der Waals surface area contributed by atoms with Crippen molar-refractivity contribution in [3.05, 3.63) is 35.5 Å². The van der Waals surface area contributed by atoms with Gasteiger partial charge < -0.3 is 4.57 Å². The Morgan fingerprint density at radius 3 is 3.00 bits per heavy atom. The minimum Gasteiger partial charge on any atom is -0.347 e. The van der Waals surface area contributed by atoms with E-state index in [0.29, 0.717) is 0 Å². The Bertz CT molecular complexity index is 436. The molecule has 0 atom stereocenters. The molecule has 0 fully saturated rings. The van der Waals surface area contributed by atoms with E-state index in [9.17, 15) is 0 Å². The Balaban J connectivity index is 2.42. The lowest BCUT2D eigenvalue weighted by molar-refractivity contribution is 0.808. The Morgan fingerprint density at radius 2 is 2.21 bits per heavy atom. The number of halogens is 1. The molecule has 0 amide bonds. The van der Waals surface area contributed by atoms with Gasteiger partial charge >= 0.3 is 0 Å². The molecule has 1 nitrogen and oxygen atoms in total. The number of benzene rings is 1. The topological polar surface area (TPSA) is 4.93 Å². The molecular weight excluding hydrogens is 214 g/mol. The fraction of sp³-hybridized carbons (Fsp3) is 0.273. The normalized spacial score (nSPS) is 11.0. The molecule has 0 bridgehead atoms. The Kier molecular flexibility index (Phi) is 3.04. The monoisotopic (exact) mass is 225 g/mol. The smallest absolute Gasteiger partial charge is 0.0499 e. The van der Waals surface area contributed by atoms with Crippen molar-refractivity contribution in [2.45, 2.75) is 6.54 Å². The highest BCUT2D eigenvalue weighted by Crippen LogP contribution is 2.24. The predicted molar refractivity (Wildman–Crippen MR) is 65.3 cm³/mol. The first kappa shape index (κ1) is 9.94. The van der Waals surface area contributed by atoms with Crippen LogP contribution < -0.4 is 0 Å². The second-order valence-electron chi connectivity index (χ2n) is 3.17. The summed E-state index contributed by atoms with van der Waals surface area (Å²) in [4.78, 5) is 0. The third kappa shape index (κ3) is 1.77. The molecule has 2 rings (SSSR count). The van der Waals surface area contributed by atoms with Crippen LogP contribution in [-0.2, 0) is 6.54 Å². The lowest BCUT2D eigenvalue weighted by atomic mass is 10.2. The van der Waals surface area contributed by atoms with Gasteiger partial charge in [0.15, 0.2) is 0 Å². The molecule has 0 aliphatic rings. The molecule has 0 saturated carbocycles. The van der Waals surface area contributed by atoms with Crippen molar-refractivity contribution >= 4 is 34.3 Å². The number of thioether (sulfide) groups is 1. The van der Waals surface area contributed by atoms with Crippen LogP contribution in [0.1, 0.15) is 0 Å². The van der Waals surface area contributed by atoms with Crippen molar-refractivity contribution in [3.63, 3.8) is 0 Å². The molecule has 2 aromatic rings. The van der Waals surface area contributed by atoms with Gasteiger partial charge in [-0.3, -0.25) is 0 Å². The second-order valence-corrected chi connectivity index (χ2v) is 4.57. The first-order chi connectivity index (χ1) is 6.83. The van der Waals surface area contributed by atoms with Gasteiger partial charge in [-0.2, -0.15) is 11.8 Å². The van der Waals surface area contributed by atoms with Gasteiger partial charge in [0.2, 0.25) is 0 Å². The zero-order valence-electron chi connectivity index (χ0n) is 8.03. The van der Waals surface area contributed by atoms with E-state index >= 15 is 0 Å². The maximum absolute atomic E-state index is 6.09. The minimum absolute atomic E-state index is 0.838. The van der Waals surface area contributed by atoms with Crippen LogP contribution in [-0.4, -0.2) is 16.6 Å². The number of hydrogen-bond acceptors (Lipinski definition) is 1. The molecule has 0 unspecified atom stereocenters. The van der Waals surface area contributed by atoms with E-state index in [4.69, 9.17) is 11.6 Å². The second kappa shape index (κ2) is 4.28. The van der Waals surface area contributed by atoms with Crippen molar-refractivity contribution in [1.82, 2.24) is 4.57 Å². The van der Waals surface area contributed by atoms with E-state index in [2.05, 4.69) is 29.2 Å². The number of rotatable bonds is 3. The van der Waals surface area contributed by atoms with Crippen LogP contribution in [0.3, 0.4) is 0 Å². The summed E-state index contributed by atoms with van der Waals surface area (Å²) < 4.78 is 2.25. The summed E-state index contributed by atoms with van der Waals surface area (Å²) in [7, 11) is 0. The quantitative estimate of drug-likeness (QED) is 0.772. The first-order valence-electron chi connectivity index (χ1n) is 4.55. The van der Waals surface area contributed by atoms with Crippen molar-refractivity contribution < 1.29 is 0 Å². The molecule has 0 saturated heterocycles. The van der Waals surface area contributed by atoms with Gasteiger partial charge in [0.1, 0.15) is 0 Å². The number of hydrogen-bond donors (Lipinski definition) is 0. The molecule has 0 spiro atoms. The molecule has 1 aromatic carbocycles. The fourth-order valence-electron chi connectivity index (χ4n) is 1.57. The zero-order chi connectivity index (χ0) is 9.97. The highest BCUT2D eigenvalue weighted by Gasteiger charge is 2.02. The molecular formula is C11H12ClNS. The van der Waals surface area contributed by atoms with Gasteiger partial charge in [-0.15, -0.1) is 0 Å². The number of fused-ring (bicyclic) bond motifs is 1. The largest absolute Gasteiger partial charge is 0.347 e. The molecule has 0 aliphatic heterocycles. The van der Waals surface area contributed by atoms with E-state index < -0.39 is 0 Å². The molecule has 1 heterocycles. The van der Waals surface area contributed by atoms with Crippen LogP contribution >= 0.6 is 23.4 Å². The molecule has 14 heavy (non-hydrogen) atoms. The Morgan fingerprint density at radius 1 is 1.36 bits per heavy atom. The van der Waals surface area contributed by atoms with Crippen LogP contribution in [0.5, 0.6) is 0 Å². The Labute approximate surface area is 93.1 Å². The van der Waals surface area contributed by atoms with Gasteiger partial charge in [-0.25, -0.2) is 0 Å².